The molecule has 19 heavy (non-hydrogen) atoms. The summed E-state index contributed by atoms with van der Waals surface area (Å²) >= 11 is 5.93. The quantitative estimate of drug-likeness (QED) is 0.794. The molecule has 106 valence electrons. The van der Waals surface area contributed by atoms with Crippen molar-refractivity contribution in [1.29, 1.82) is 0 Å². The maximum absolute atomic E-state index is 11.0. The molecular weight excluding hydrogens is 317 g/mol. The molecule has 0 atom stereocenters. The Morgan fingerprint density at radius 3 is 2.53 bits per heavy atom. The van der Waals surface area contributed by atoms with Crippen LogP contribution >= 0.6 is 22.3 Å². The van der Waals surface area contributed by atoms with Crippen molar-refractivity contribution in [3.63, 3.8) is 0 Å². The maximum Gasteiger partial charge on any atom is 0.255 e. The lowest BCUT2D eigenvalue weighted by Gasteiger charge is -2.12. The van der Waals surface area contributed by atoms with E-state index in [0.29, 0.717) is 5.56 Å². The van der Waals surface area contributed by atoms with Crippen LogP contribution in [0.1, 0.15) is 5.56 Å². The van der Waals surface area contributed by atoms with E-state index in [1.807, 2.05) is 0 Å². The summed E-state index contributed by atoms with van der Waals surface area (Å²) in [5, 5.41) is 0.0934. The number of primary amides is 1. The van der Waals surface area contributed by atoms with Gasteiger partial charge in [-0.05, 0) is 17.7 Å². The Kier molecular flexibility index (Phi) is 5.28. The van der Waals surface area contributed by atoms with Gasteiger partial charge in [-0.2, -0.15) is 0 Å². The molecule has 1 aromatic carbocycles. The van der Waals surface area contributed by atoms with Gasteiger partial charge in [0.1, 0.15) is 0 Å². The van der Waals surface area contributed by atoms with Crippen molar-refractivity contribution in [3.05, 3.63) is 22.7 Å². The highest BCUT2D eigenvalue weighted by Crippen LogP contribution is 2.37. The number of nitrogens with two attached hydrogens (primary N) is 1. The molecule has 2 N–H and O–H groups in total. The summed E-state index contributed by atoms with van der Waals surface area (Å²) in [7, 11) is 2.79. The number of carbonyl (C=O) groups is 1. The van der Waals surface area contributed by atoms with E-state index in [1.165, 1.54) is 19.2 Å². The molecule has 1 amide bonds. The van der Waals surface area contributed by atoms with Crippen LogP contribution in [0, 0.1) is 0 Å². The van der Waals surface area contributed by atoms with Crippen molar-refractivity contribution in [2.24, 2.45) is 5.73 Å². The third-order valence-electron chi connectivity index (χ3n) is 1.99. The van der Waals surface area contributed by atoms with Crippen molar-refractivity contribution in [1.82, 2.24) is 0 Å². The number of ether oxygens (including phenoxy) is 2. The minimum Gasteiger partial charge on any atom is -0.493 e. The normalized spacial score (nSPS) is 11.1. The maximum atomic E-state index is 11.0. The molecule has 0 heterocycles. The number of methoxy groups -OCH3 is 1. The molecule has 6 nitrogen and oxygen atoms in total. The standard InChI is InChI=1S/C10H11Cl2NO5S/c1-17-8-3-6(5-19(12,15)16)2-7(11)10(8)18-4-9(13)14/h2-3H,4-5H2,1H3,(H2,13,14). The molecule has 0 saturated carbocycles. The van der Waals surface area contributed by atoms with Gasteiger partial charge >= 0.3 is 0 Å². The zero-order valence-corrected chi connectivity index (χ0v) is 12.2. The summed E-state index contributed by atoms with van der Waals surface area (Å²) in [4.78, 5) is 10.7. The average molecular weight is 328 g/mol. The molecule has 0 bridgehead atoms. The Bertz CT molecular complexity index is 588. The molecule has 1 aromatic rings. The monoisotopic (exact) mass is 327 g/mol. The summed E-state index contributed by atoms with van der Waals surface area (Å²) in [6.07, 6.45) is 0. The Labute approximate surface area is 119 Å². The smallest absolute Gasteiger partial charge is 0.255 e. The minimum atomic E-state index is -3.71. The Balaban J connectivity index is 3.10. The van der Waals surface area contributed by atoms with Gasteiger partial charge in [-0.25, -0.2) is 8.42 Å². The molecule has 0 fully saturated rings. The average Bonchev–Trinajstić information content (AvgIpc) is 2.24. The second-order valence-electron chi connectivity index (χ2n) is 3.55. The van der Waals surface area contributed by atoms with Crippen LogP contribution in [0.15, 0.2) is 12.1 Å². The highest BCUT2D eigenvalue weighted by Gasteiger charge is 2.16. The highest BCUT2D eigenvalue weighted by atomic mass is 35.7. The minimum absolute atomic E-state index is 0.0934. The van der Waals surface area contributed by atoms with Crippen LogP contribution in [-0.2, 0) is 19.6 Å². The van der Waals surface area contributed by atoms with Gasteiger partial charge in [0.15, 0.2) is 18.1 Å². The van der Waals surface area contributed by atoms with Gasteiger partial charge in [0.2, 0.25) is 9.05 Å². The van der Waals surface area contributed by atoms with Crippen LogP contribution in [0.25, 0.3) is 0 Å². The van der Waals surface area contributed by atoms with E-state index >= 15 is 0 Å². The van der Waals surface area contributed by atoms with Crippen molar-refractivity contribution in [2.45, 2.75) is 5.75 Å². The molecule has 0 spiro atoms. The summed E-state index contributed by atoms with van der Waals surface area (Å²) < 4.78 is 32.1. The van der Waals surface area contributed by atoms with E-state index in [1.54, 1.807) is 0 Å². The van der Waals surface area contributed by atoms with E-state index in [0.717, 1.165) is 0 Å². The molecule has 0 aliphatic carbocycles. The molecule has 9 heteroatoms. The molecule has 1 rings (SSSR count). The van der Waals surface area contributed by atoms with E-state index < -0.39 is 20.7 Å². The van der Waals surface area contributed by atoms with Gasteiger partial charge in [-0.15, -0.1) is 0 Å². The van der Waals surface area contributed by atoms with Crippen molar-refractivity contribution in [2.75, 3.05) is 13.7 Å². The first kappa shape index (κ1) is 15.9. The lowest BCUT2D eigenvalue weighted by molar-refractivity contribution is -0.119. The highest BCUT2D eigenvalue weighted by molar-refractivity contribution is 8.13. The number of rotatable bonds is 6. The lowest BCUT2D eigenvalue weighted by atomic mass is 10.2. The van der Waals surface area contributed by atoms with Crippen LogP contribution in [0.5, 0.6) is 11.5 Å². The van der Waals surface area contributed by atoms with Gasteiger partial charge in [0.25, 0.3) is 5.91 Å². The van der Waals surface area contributed by atoms with Gasteiger partial charge in [0, 0.05) is 10.7 Å². The topological polar surface area (TPSA) is 95.7 Å². The second kappa shape index (κ2) is 6.31. The zero-order valence-electron chi connectivity index (χ0n) is 9.85. The first-order valence-electron chi connectivity index (χ1n) is 4.93. The predicted molar refractivity (Wildman–Crippen MR) is 71.2 cm³/mol. The van der Waals surface area contributed by atoms with Gasteiger partial charge < -0.3 is 15.2 Å². The van der Waals surface area contributed by atoms with E-state index in [2.05, 4.69) is 0 Å². The Morgan fingerprint density at radius 2 is 2.05 bits per heavy atom. The first-order chi connectivity index (χ1) is 8.73. The van der Waals surface area contributed by atoms with E-state index in [4.69, 9.17) is 37.5 Å². The number of benzene rings is 1. The van der Waals surface area contributed by atoms with Crippen LogP contribution in [-0.4, -0.2) is 28.0 Å². The molecule has 0 unspecified atom stereocenters. The predicted octanol–water partition coefficient (Wildman–Crippen LogP) is 1.28. The van der Waals surface area contributed by atoms with Crippen molar-refractivity contribution < 1.29 is 22.7 Å². The summed E-state index contributed by atoms with van der Waals surface area (Å²) in [5.41, 5.74) is 5.29. The van der Waals surface area contributed by atoms with Crippen LogP contribution in [0.4, 0.5) is 0 Å². The number of amides is 1. The summed E-state index contributed by atoms with van der Waals surface area (Å²) in [5.74, 6) is -0.783. The second-order valence-corrected chi connectivity index (χ2v) is 6.73. The fourth-order valence-electron chi connectivity index (χ4n) is 1.34. The molecule has 0 aromatic heterocycles. The third-order valence-corrected chi connectivity index (χ3v) is 3.27. The number of hydrogen-bond donors (Lipinski definition) is 1. The summed E-state index contributed by atoms with van der Waals surface area (Å²) in [6, 6.07) is 2.77. The van der Waals surface area contributed by atoms with Gasteiger partial charge in [-0.3, -0.25) is 4.79 Å². The van der Waals surface area contributed by atoms with Crippen LogP contribution in [0.3, 0.4) is 0 Å². The zero-order chi connectivity index (χ0) is 14.6. The third kappa shape index (κ3) is 5.14. The number of halogens is 2. The number of hydrogen-bond acceptors (Lipinski definition) is 5. The van der Waals surface area contributed by atoms with Crippen LogP contribution < -0.4 is 15.2 Å². The molecular formula is C10H11Cl2NO5S. The largest absolute Gasteiger partial charge is 0.493 e. The fourth-order valence-corrected chi connectivity index (χ4v) is 2.57. The molecule has 0 aliphatic rings. The van der Waals surface area contributed by atoms with Crippen molar-refractivity contribution >= 4 is 37.2 Å². The lowest BCUT2D eigenvalue weighted by Crippen LogP contribution is -2.20. The number of carbonyl (C=O) groups excluding carboxylic acids is 1. The first-order valence-corrected chi connectivity index (χ1v) is 7.78. The molecule has 0 aliphatic heterocycles. The molecule has 0 radical (unpaired) electrons. The summed E-state index contributed by atoms with van der Waals surface area (Å²) in [6.45, 7) is -0.372. The fraction of sp³-hybridized carbons (Fsp3) is 0.300. The Morgan fingerprint density at radius 1 is 1.42 bits per heavy atom. The van der Waals surface area contributed by atoms with E-state index in [-0.39, 0.29) is 23.1 Å². The van der Waals surface area contributed by atoms with Crippen molar-refractivity contribution in [3.8, 4) is 11.5 Å². The van der Waals surface area contributed by atoms with Gasteiger partial charge in [-0.1, -0.05) is 11.6 Å². The van der Waals surface area contributed by atoms with E-state index in [9.17, 15) is 13.2 Å². The van der Waals surface area contributed by atoms with Crippen LogP contribution in [0.2, 0.25) is 5.02 Å². The molecule has 0 saturated heterocycles. The van der Waals surface area contributed by atoms with Gasteiger partial charge in [0.05, 0.1) is 17.9 Å². The Hall–Kier alpha value is -1.18. The SMILES string of the molecule is COc1cc(CS(=O)(=O)Cl)cc(Cl)c1OCC(N)=O.